The summed E-state index contributed by atoms with van der Waals surface area (Å²) in [7, 11) is 1.86. The smallest absolute Gasteiger partial charge is 0.165 e. The Bertz CT molecular complexity index is 413. The summed E-state index contributed by atoms with van der Waals surface area (Å²) in [6.45, 7) is 0.651. The Morgan fingerprint density at radius 2 is 1.92 bits per heavy atom. The van der Waals surface area contributed by atoms with Crippen molar-refractivity contribution in [1.29, 1.82) is 0 Å². The van der Waals surface area contributed by atoms with Gasteiger partial charge in [0.1, 0.15) is 5.52 Å². The summed E-state index contributed by atoms with van der Waals surface area (Å²) in [6, 6.07) is 7.71. The predicted molar refractivity (Wildman–Crippen MR) is 50.1 cm³/mol. The molecule has 0 saturated carbocycles. The van der Waals surface area contributed by atoms with Crippen molar-refractivity contribution in [1.82, 2.24) is 20.5 Å². The van der Waals surface area contributed by atoms with E-state index in [1.807, 2.05) is 31.3 Å². The summed E-state index contributed by atoms with van der Waals surface area (Å²) in [5, 5.41) is 11.0. The molecule has 2 aromatic rings. The fourth-order valence-electron chi connectivity index (χ4n) is 1.15. The van der Waals surface area contributed by atoms with Gasteiger partial charge in [0.15, 0.2) is 5.82 Å². The minimum Gasteiger partial charge on any atom is -0.313 e. The van der Waals surface area contributed by atoms with E-state index in [1.54, 1.807) is 0 Å². The van der Waals surface area contributed by atoms with Crippen molar-refractivity contribution < 1.29 is 0 Å². The van der Waals surface area contributed by atoms with E-state index in [9.17, 15) is 0 Å². The Morgan fingerprint density at radius 3 is 2.69 bits per heavy atom. The molecule has 1 N–H and O–H groups in total. The zero-order valence-electron chi connectivity index (χ0n) is 7.36. The van der Waals surface area contributed by atoms with Crippen molar-refractivity contribution in [2.75, 3.05) is 7.05 Å². The summed E-state index contributed by atoms with van der Waals surface area (Å²) in [5.74, 6) is 0.723. The lowest BCUT2D eigenvalue weighted by Crippen LogP contribution is -2.09. The third-order valence-electron chi connectivity index (χ3n) is 1.74. The first kappa shape index (κ1) is 8.07. The van der Waals surface area contributed by atoms with Crippen LogP contribution >= 0.6 is 0 Å². The van der Waals surface area contributed by atoms with Crippen molar-refractivity contribution in [2.24, 2.45) is 0 Å². The number of nitrogens with one attached hydrogen (secondary N) is 1. The maximum absolute atomic E-state index is 4.33. The highest BCUT2D eigenvalue weighted by atomic mass is 15.2. The van der Waals surface area contributed by atoms with Crippen LogP contribution in [0.25, 0.3) is 11.0 Å². The summed E-state index contributed by atoms with van der Waals surface area (Å²) in [5.41, 5.74) is 1.73. The number of aromatic nitrogens is 3. The standard InChI is InChI=1S/C9H10N4/c1-10-6-9-11-7-4-2-3-5-8(7)12-13-9/h2-5,10H,6H2,1H3. The van der Waals surface area contributed by atoms with Crippen LogP contribution in [0.3, 0.4) is 0 Å². The molecule has 66 valence electrons. The van der Waals surface area contributed by atoms with E-state index < -0.39 is 0 Å². The third kappa shape index (κ3) is 1.62. The molecule has 0 saturated heterocycles. The minimum absolute atomic E-state index is 0.651. The molecule has 0 radical (unpaired) electrons. The average molecular weight is 174 g/mol. The molecule has 0 atom stereocenters. The van der Waals surface area contributed by atoms with Crippen LogP contribution in [0.4, 0.5) is 0 Å². The predicted octanol–water partition coefficient (Wildman–Crippen LogP) is 0.744. The van der Waals surface area contributed by atoms with E-state index in [2.05, 4.69) is 20.5 Å². The lowest BCUT2D eigenvalue weighted by molar-refractivity contribution is 0.741. The van der Waals surface area contributed by atoms with Gasteiger partial charge in [-0.05, 0) is 19.2 Å². The molecular weight excluding hydrogens is 164 g/mol. The quantitative estimate of drug-likeness (QED) is 0.729. The molecule has 4 nitrogen and oxygen atoms in total. The molecule has 13 heavy (non-hydrogen) atoms. The van der Waals surface area contributed by atoms with Gasteiger partial charge in [-0.2, -0.15) is 0 Å². The lowest BCUT2D eigenvalue weighted by Gasteiger charge is -1.98. The number of nitrogens with zero attached hydrogens (tertiary/aromatic N) is 3. The maximum Gasteiger partial charge on any atom is 0.165 e. The molecule has 2 rings (SSSR count). The molecule has 1 heterocycles. The third-order valence-corrected chi connectivity index (χ3v) is 1.74. The number of para-hydroxylation sites is 1. The molecule has 0 spiro atoms. The van der Waals surface area contributed by atoms with Crippen LogP contribution < -0.4 is 5.32 Å². The zero-order valence-corrected chi connectivity index (χ0v) is 7.36. The van der Waals surface area contributed by atoms with Crippen molar-refractivity contribution in [3.8, 4) is 0 Å². The molecule has 4 heteroatoms. The van der Waals surface area contributed by atoms with Gasteiger partial charge >= 0.3 is 0 Å². The second-order valence-electron chi connectivity index (χ2n) is 2.75. The molecule has 1 aromatic carbocycles. The molecule has 0 aliphatic rings. The van der Waals surface area contributed by atoms with E-state index in [-0.39, 0.29) is 0 Å². The van der Waals surface area contributed by atoms with E-state index in [4.69, 9.17) is 0 Å². The fourth-order valence-corrected chi connectivity index (χ4v) is 1.15. The van der Waals surface area contributed by atoms with Crippen LogP contribution in [-0.2, 0) is 6.54 Å². The van der Waals surface area contributed by atoms with Gasteiger partial charge in [0, 0.05) is 0 Å². The van der Waals surface area contributed by atoms with Crippen LogP contribution in [0.1, 0.15) is 5.82 Å². The highest BCUT2D eigenvalue weighted by Crippen LogP contribution is 2.05. The number of fused-ring (bicyclic) bond motifs is 1. The molecular formula is C9H10N4. The van der Waals surface area contributed by atoms with Crippen LogP contribution in [-0.4, -0.2) is 22.2 Å². The van der Waals surface area contributed by atoms with E-state index in [0.29, 0.717) is 6.54 Å². The zero-order chi connectivity index (χ0) is 9.10. The Hall–Kier alpha value is -1.55. The first-order valence-corrected chi connectivity index (χ1v) is 4.13. The fraction of sp³-hybridized carbons (Fsp3) is 0.222. The Kier molecular flexibility index (Phi) is 2.14. The van der Waals surface area contributed by atoms with E-state index in [1.165, 1.54) is 0 Å². The first-order chi connectivity index (χ1) is 6.40. The molecule has 1 aromatic heterocycles. The van der Waals surface area contributed by atoms with E-state index >= 15 is 0 Å². The second-order valence-corrected chi connectivity index (χ2v) is 2.75. The number of rotatable bonds is 2. The Labute approximate surface area is 76.0 Å². The summed E-state index contributed by atoms with van der Waals surface area (Å²) in [6.07, 6.45) is 0. The monoisotopic (exact) mass is 174 g/mol. The van der Waals surface area contributed by atoms with Crippen LogP contribution in [0.2, 0.25) is 0 Å². The molecule has 0 unspecified atom stereocenters. The van der Waals surface area contributed by atoms with Gasteiger partial charge in [-0.15, -0.1) is 10.2 Å². The summed E-state index contributed by atoms with van der Waals surface area (Å²) < 4.78 is 0. The van der Waals surface area contributed by atoms with Gasteiger partial charge in [0.2, 0.25) is 0 Å². The molecule has 0 aliphatic carbocycles. The number of hydrogen-bond donors (Lipinski definition) is 1. The number of hydrogen-bond acceptors (Lipinski definition) is 4. The SMILES string of the molecule is CNCc1nnc2ccccc2n1. The van der Waals surface area contributed by atoms with Gasteiger partial charge in [0.25, 0.3) is 0 Å². The largest absolute Gasteiger partial charge is 0.313 e. The van der Waals surface area contributed by atoms with Crippen LogP contribution in [0, 0.1) is 0 Å². The molecule has 0 aliphatic heterocycles. The van der Waals surface area contributed by atoms with Crippen molar-refractivity contribution >= 4 is 11.0 Å². The van der Waals surface area contributed by atoms with E-state index in [0.717, 1.165) is 16.9 Å². The highest BCUT2D eigenvalue weighted by Gasteiger charge is 1.98. The lowest BCUT2D eigenvalue weighted by atomic mass is 10.3. The molecule has 0 amide bonds. The summed E-state index contributed by atoms with van der Waals surface area (Å²) >= 11 is 0. The summed E-state index contributed by atoms with van der Waals surface area (Å²) in [4.78, 5) is 4.33. The molecule has 0 bridgehead atoms. The normalized spacial score (nSPS) is 10.5. The van der Waals surface area contributed by atoms with Crippen molar-refractivity contribution in [3.05, 3.63) is 30.1 Å². The van der Waals surface area contributed by atoms with Gasteiger partial charge in [-0.1, -0.05) is 12.1 Å². The second kappa shape index (κ2) is 3.45. The maximum atomic E-state index is 4.33. The average Bonchev–Trinajstić information content (AvgIpc) is 2.18. The van der Waals surface area contributed by atoms with Crippen molar-refractivity contribution in [2.45, 2.75) is 6.54 Å². The van der Waals surface area contributed by atoms with Gasteiger partial charge in [-0.3, -0.25) is 0 Å². The van der Waals surface area contributed by atoms with Crippen LogP contribution in [0.5, 0.6) is 0 Å². The molecule has 0 fully saturated rings. The highest BCUT2D eigenvalue weighted by molar-refractivity contribution is 5.72. The Balaban J connectivity index is 2.49. The van der Waals surface area contributed by atoms with Crippen LogP contribution in [0.15, 0.2) is 24.3 Å². The topological polar surface area (TPSA) is 50.7 Å². The van der Waals surface area contributed by atoms with Gasteiger partial charge in [-0.25, -0.2) is 4.98 Å². The Morgan fingerprint density at radius 1 is 1.15 bits per heavy atom. The van der Waals surface area contributed by atoms with Gasteiger partial charge in [0.05, 0.1) is 12.1 Å². The van der Waals surface area contributed by atoms with Crippen molar-refractivity contribution in [3.63, 3.8) is 0 Å². The number of benzene rings is 1. The van der Waals surface area contributed by atoms with Gasteiger partial charge < -0.3 is 5.32 Å². The first-order valence-electron chi connectivity index (χ1n) is 4.13. The minimum atomic E-state index is 0.651.